The number of carbonyl (C=O) groups is 2. The van der Waals surface area contributed by atoms with Gasteiger partial charge in [-0.2, -0.15) is 0 Å². The third-order valence-corrected chi connectivity index (χ3v) is 7.41. The van der Waals surface area contributed by atoms with Gasteiger partial charge in [-0.25, -0.2) is 4.39 Å². The van der Waals surface area contributed by atoms with Gasteiger partial charge in [-0.05, 0) is 42.0 Å². The van der Waals surface area contributed by atoms with Crippen LogP contribution in [-0.4, -0.2) is 34.2 Å². The number of carboxylic acid groups (broad SMARTS) is 1. The minimum absolute atomic E-state index is 0.220. The van der Waals surface area contributed by atoms with Gasteiger partial charge in [0.05, 0.1) is 18.1 Å². The Balaban J connectivity index is 1.89. The summed E-state index contributed by atoms with van der Waals surface area (Å²) in [5.41, 5.74) is 0.914. The van der Waals surface area contributed by atoms with Crippen LogP contribution < -0.4 is 9.61 Å². The van der Waals surface area contributed by atoms with Gasteiger partial charge in [0.1, 0.15) is 16.8 Å². The van der Waals surface area contributed by atoms with E-state index in [0.29, 0.717) is 21.2 Å². The molecule has 1 aliphatic rings. The first-order valence-corrected chi connectivity index (χ1v) is 10.6. The molecule has 0 fully saturated rings. The number of aromatic amines is 1. The molecule has 3 aromatic rings. The van der Waals surface area contributed by atoms with E-state index in [1.165, 1.54) is 31.4 Å². The number of Topliss-reactive ketones (excluding diaryl/α,β-unsaturated/α-hetero) is 1. The second-order valence-corrected chi connectivity index (χ2v) is 8.90. The van der Waals surface area contributed by atoms with Crippen LogP contribution >= 0.6 is 23.1 Å². The molecule has 154 valence electrons. The van der Waals surface area contributed by atoms with E-state index in [4.69, 9.17) is 4.74 Å². The summed E-state index contributed by atoms with van der Waals surface area (Å²) in [6, 6.07) is 12.0. The Morgan fingerprint density at radius 2 is 1.77 bits per heavy atom. The summed E-state index contributed by atoms with van der Waals surface area (Å²) in [6.45, 7) is 0. The average Bonchev–Trinajstić information content (AvgIpc) is 3.12. The fourth-order valence-corrected chi connectivity index (χ4v) is 6.04. The Morgan fingerprint density at radius 1 is 1.10 bits per heavy atom. The SMILES string of the molecule is COc1ccc(C2c3sc(=O)[nH]c3SC(C(=O)O)C2C(=O)c2ccc(F)cc2)cc1. The molecule has 4 rings (SSSR count). The van der Waals surface area contributed by atoms with Crippen molar-refractivity contribution >= 4 is 34.9 Å². The highest BCUT2D eigenvalue weighted by Crippen LogP contribution is 2.50. The van der Waals surface area contributed by atoms with Gasteiger partial charge < -0.3 is 14.8 Å². The maximum Gasteiger partial charge on any atom is 0.317 e. The molecule has 2 aromatic carbocycles. The Bertz CT molecular complexity index is 1150. The molecule has 9 heteroatoms. The van der Waals surface area contributed by atoms with Crippen molar-refractivity contribution in [1.82, 2.24) is 4.98 Å². The number of thioether (sulfide) groups is 1. The summed E-state index contributed by atoms with van der Waals surface area (Å²) in [5.74, 6) is -3.07. The number of aliphatic carboxylic acids is 1. The number of ether oxygens (including phenoxy) is 1. The third-order valence-electron chi connectivity index (χ3n) is 5.00. The van der Waals surface area contributed by atoms with Crippen LogP contribution in [0.15, 0.2) is 58.4 Å². The largest absolute Gasteiger partial charge is 0.497 e. The van der Waals surface area contributed by atoms with Gasteiger partial charge in [0.2, 0.25) is 0 Å². The minimum Gasteiger partial charge on any atom is -0.497 e. The fraction of sp³-hybridized carbons (Fsp3) is 0.190. The Morgan fingerprint density at radius 3 is 2.37 bits per heavy atom. The van der Waals surface area contributed by atoms with Crippen molar-refractivity contribution in [1.29, 1.82) is 0 Å². The molecule has 1 aromatic heterocycles. The van der Waals surface area contributed by atoms with Crippen molar-refractivity contribution in [3.63, 3.8) is 0 Å². The van der Waals surface area contributed by atoms with Crippen LogP contribution in [0.1, 0.15) is 26.7 Å². The molecule has 0 spiro atoms. The van der Waals surface area contributed by atoms with E-state index in [9.17, 15) is 23.9 Å². The molecule has 0 radical (unpaired) electrons. The predicted molar refractivity (Wildman–Crippen MR) is 111 cm³/mol. The minimum atomic E-state index is -1.16. The molecule has 2 N–H and O–H groups in total. The van der Waals surface area contributed by atoms with Crippen LogP contribution in [0, 0.1) is 11.7 Å². The second-order valence-electron chi connectivity index (χ2n) is 6.73. The first-order chi connectivity index (χ1) is 14.4. The number of H-pyrrole nitrogens is 1. The number of rotatable bonds is 5. The predicted octanol–water partition coefficient (Wildman–Crippen LogP) is 3.77. The zero-order chi connectivity index (χ0) is 21.4. The molecule has 6 nitrogen and oxygen atoms in total. The first-order valence-electron chi connectivity index (χ1n) is 8.95. The van der Waals surface area contributed by atoms with Crippen molar-refractivity contribution in [3.8, 4) is 5.75 Å². The summed E-state index contributed by atoms with van der Waals surface area (Å²) in [4.78, 5) is 40.6. The lowest BCUT2D eigenvalue weighted by atomic mass is 9.78. The summed E-state index contributed by atoms with van der Waals surface area (Å²) < 4.78 is 18.5. The second kappa shape index (κ2) is 8.08. The number of hydrogen-bond acceptors (Lipinski definition) is 6. The third kappa shape index (κ3) is 3.66. The van der Waals surface area contributed by atoms with Gasteiger partial charge in [-0.3, -0.25) is 14.4 Å². The van der Waals surface area contributed by atoms with Crippen LogP contribution in [0.4, 0.5) is 4.39 Å². The summed E-state index contributed by atoms with van der Waals surface area (Å²) >= 11 is 1.93. The van der Waals surface area contributed by atoms with E-state index in [1.54, 1.807) is 24.3 Å². The Kier molecular flexibility index (Phi) is 5.48. The average molecular weight is 445 g/mol. The molecule has 2 heterocycles. The van der Waals surface area contributed by atoms with Crippen LogP contribution in [0.2, 0.25) is 0 Å². The summed E-state index contributed by atoms with van der Waals surface area (Å²) in [7, 11) is 1.53. The lowest BCUT2D eigenvalue weighted by Gasteiger charge is -2.34. The molecule has 0 saturated heterocycles. The van der Waals surface area contributed by atoms with E-state index < -0.39 is 34.7 Å². The quantitative estimate of drug-likeness (QED) is 0.581. The van der Waals surface area contributed by atoms with Gasteiger partial charge in [-0.1, -0.05) is 35.2 Å². The number of hydrogen-bond donors (Lipinski definition) is 2. The number of fused-ring (bicyclic) bond motifs is 1. The van der Waals surface area contributed by atoms with Crippen LogP contribution in [0.3, 0.4) is 0 Å². The lowest BCUT2D eigenvalue weighted by Crippen LogP contribution is -2.39. The molecular weight excluding hydrogens is 429 g/mol. The van der Waals surface area contributed by atoms with Crippen molar-refractivity contribution in [2.24, 2.45) is 5.92 Å². The zero-order valence-electron chi connectivity index (χ0n) is 15.6. The monoisotopic (exact) mass is 445 g/mol. The normalized spacial score (nSPS) is 20.4. The lowest BCUT2D eigenvalue weighted by molar-refractivity contribution is -0.137. The van der Waals surface area contributed by atoms with Crippen molar-refractivity contribution in [3.05, 3.63) is 80.0 Å². The number of nitrogens with one attached hydrogen (secondary N) is 1. The maximum absolute atomic E-state index is 13.4. The number of aromatic nitrogens is 1. The van der Waals surface area contributed by atoms with E-state index >= 15 is 0 Å². The molecule has 3 atom stereocenters. The number of methoxy groups -OCH3 is 1. The van der Waals surface area contributed by atoms with Gasteiger partial charge in [0, 0.05) is 16.4 Å². The fourth-order valence-electron chi connectivity index (χ4n) is 3.63. The van der Waals surface area contributed by atoms with E-state index in [2.05, 4.69) is 4.98 Å². The van der Waals surface area contributed by atoms with Gasteiger partial charge in [0.15, 0.2) is 5.78 Å². The topological polar surface area (TPSA) is 96.5 Å². The van der Waals surface area contributed by atoms with Crippen LogP contribution in [0.25, 0.3) is 0 Å². The molecule has 0 saturated carbocycles. The van der Waals surface area contributed by atoms with Crippen LogP contribution in [-0.2, 0) is 4.79 Å². The van der Waals surface area contributed by atoms with Gasteiger partial charge in [0.25, 0.3) is 0 Å². The Labute approximate surface area is 178 Å². The maximum atomic E-state index is 13.4. The highest BCUT2D eigenvalue weighted by Gasteiger charge is 2.47. The molecule has 0 aliphatic carbocycles. The first kappa shape index (κ1) is 20.4. The molecule has 30 heavy (non-hydrogen) atoms. The number of halogens is 1. The highest BCUT2D eigenvalue weighted by atomic mass is 32.2. The highest BCUT2D eigenvalue weighted by molar-refractivity contribution is 8.00. The molecule has 0 amide bonds. The van der Waals surface area contributed by atoms with Gasteiger partial charge in [-0.15, -0.1) is 0 Å². The standard InChI is InChI=1S/C21H16FNO5S2/c1-28-13-8-4-10(5-9-13)14-15(16(24)11-2-6-12(22)7-3-11)18(20(25)26)29-19-17(14)30-21(27)23-19/h2-9,14-15,18H,1H3,(H,23,27)(H,25,26). The zero-order valence-corrected chi connectivity index (χ0v) is 17.3. The number of carboxylic acids is 1. The van der Waals surface area contributed by atoms with Crippen molar-refractivity contribution in [2.45, 2.75) is 16.2 Å². The summed E-state index contributed by atoms with van der Waals surface area (Å²) in [5, 5.41) is 9.23. The smallest absolute Gasteiger partial charge is 0.317 e. The summed E-state index contributed by atoms with van der Waals surface area (Å²) in [6.07, 6.45) is 0. The van der Waals surface area contributed by atoms with Gasteiger partial charge >= 0.3 is 10.8 Å². The van der Waals surface area contributed by atoms with Crippen molar-refractivity contribution < 1.29 is 23.8 Å². The van der Waals surface area contributed by atoms with E-state index in [0.717, 1.165) is 23.1 Å². The molecule has 1 aliphatic heterocycles. The van der Waals surface area contributed by atoms with E-state index in [-0.39, 0.29) is 10.4 Å². The number of carbonyl (C=O) groups excluding carboxylic acids is 1. The molecule has 3 unspecified atom stereocenters. The van der Waals surface area contributed by atoms with E-state index in [1.807, 2.05) is 0 Å². The molecule has 0 bridgehead atoms. The van der Waals surface area contributed by atoms with Crippen LogP contribution in [0.5, 0.6) is 5.75 Å². The molecular formula is C21H16FNO5S2. The number of thiazole rings is 1. The number of ketones is 1. The number of benzene rings is 2. The Hall–Kier alpha value is -2.91. The van der Waals surface area contributed by atoms with Crippen molar-refractivity contribution in [2.75, 3.05) is 7.11 Å².